The highest BCUT2D eigenvalue weighted by Gasteiger charge is 2.21. The summed E-state index contributed by atoms with van der Waals surface area (Å²) in [5.41, 5.74) is 3.35. The number of aromatic nitrogens is 2. The Bertz CT molecular complexity index is 1500. The molecule has 1 aromatic heterocycles. The summed E-state index contributed by atoms with van der Waals surface area (Å²) >= 11 is 6.34. The molecule has 0 unspecified atom stereocenters. The van der Waals surface area contributed by atoms with Crippen molar-refractivity contribution >= 4 is 45.8 Å². The average Bonchev–Trinajstić information content (AvgIpc) is 2.91. The zero-order valence-electron chi connectivity index (χ0n) is 21.7. The Morgan fingerprint density at radius 1 is 0.947 bits per heavy atom. The minimum atomic E-state index is -0.512. The SMILES string of the molecule is CNc1nc(-c2ccc(CO)cc2)nc2cc(NC(=O)c3cc(CNC(=O)C(C)(C)C)ccc3Cl)ccc12. The summed E-state index contributed by atoms with van der Waals surface area (Å²) in [7, 11) is 1.79. The van der Waals surface area contributed by atoms with Crippen molar-refractivity contribution < 1.29 is 14.7 Å². The molecule has 9 heteroatoms. The smallest absolute Gasteiger partial charge is 0.257 e. The largest absolute Gasteiger partial charge is 0.392 e. The second kappa shape index (κ2) is 11.2. The maximum absolute atomic E-state index is 13.1. The lowest BCUT2D eigenvalue weighted by molar-refractivity contribution is -0.128. The van der Waals surface area contributed by atoms with Crippen molar-refractivity contribution in [1.29, 1.82) is 0 Å². The van der Waals surface area contributed by atoms with Crippen molar-refractivity contribution in [3.63, 3.8) is 0 Å². The van der Waals surface area contributed by atoms with E-state index in [1.165, 1.54) is 0 Å². The molecule has 4 aromatic rings. The van der Waals surface area contributed by atoms with Crippen LogP contribution >= 0.6 is 11.6 Å². The number of fused-ring (bicyclic) bond motifs is 1. The second-order valence-electron chi connectivity index (χ2n) is 9.93. The van der Waals surface area contributed by atoms with E-state index in [0.29, 0.717) is 33.4 Å². The molecule has 4 N–H and O–H groups in total. The number of benzene rings is 3. The predicted molar refractivity (Wildman–Crippen MR) is 151 cm³/mol. The van der Waals surface area contributed by atoms with Crippen LogP contribution in [-0.2, 0) is 17.9 Å². The third kappa shape index (κ3) is 6.10. The summed E-state index contributed by atoms with van der Waals surface area (Å²) < 4.78 is 0. The van der Waals surface area contributed by atoms with E-state index >= 15 is 0 Å². The zero-order chi connectivity index (χ0) is 27.4. The van der Waals surface area contributed by atoms with Crippen molar-refractivity contribution in [2.75, 3.05) is 17.7 Å². The number of hydrogen-bond donors (Lipinski definition) is 4. The molecule has 4 rings (SSSR count). The summed E-state index contributed by atoms with van der Waals surface area (Å²) in [5, 5.41) is 19.3. The van der Waals surface area contributed by atoms with Crippen LogP contribution in [0.15, 0.2) is 60.7 Å². The van der Waals surface area contributed by atoms with Crippen molar-refractivity contribution in [1.82, 2.24) is 15.3 Å². The number of nitrogens with one attached hydrogen (secondary N) is 3. The van der Waals surface area contributed by atoms with Crippen LogP contribution < -0.4 is 16.0 Å². The maximum atomic E-state index is 13.1. The molecule has 2 amide bonds. The lowest BCUT2D eigenvalue weighted by Crippen LogP contribution is -2.34. The van der Waals surface area contributed by atoms with Crippen molar-refractivity contribution in [3.05, 3.63) is 82.4 Å². The molecule has 0 atom stereocenters. The summed E-state index contributed by atoms with van der Waals surface area (Å²) in [6.45, 7) is 5.77. The van der Waals surface area contributed by atoms with Crippen LogP contribution in [0.3, 0.4) is 0 Å². The molecular weight excluding hydrogens is 502 g/mol. The molecule has 0 saturated carbocycles. The van der Waals surface area contributed by atoms with Gasteiger partial charge in [0.15, 0.2) is 5.82 Å². The van der Waals surface area contributed by atoms with E-state index < -0.39 is 5.41 Å². The fourth-order valence-electron chi connectivity index (χ4n) is 3.79. The van der Waals surface area contributed by atoms with E-state index in [2.05, 4.69) is 20.9 Å². The van der Waals surface area contributed by atoms with Crippen molar-refractivity contribution in [3.8, 4) is 11.4 Å². The van der Waals surface area contributed by atoms with Gasteiger partial charge in [-0.3, -0.25) is 9.59 Å². The van der Waals surface area contributed by atoms with E-state index in [4.69, 9.17) is 16.6 Å². The van der Waals surface area contributed by atoms with Crippen LogP contribution in [0.2, 0.25) is 5.02 Å². The number of carbonyl (C=O) groups excluding carboxylic acids is 2. The second-order valence-corrected chi connectivity index (χ2v) is 10.3. The van der Waals surface area contributed by atoms with Crippen LogP contribution in [0.5, 0.6) is 0 Å². The molecule has 0 saturated heterocycles. The summed E-state index contributed by atoms with van der Waals surface area (Å²) in [5.74, 6) is 0.715. The molecule has 1 heterocycles. The van der Waals surface area contributed by atoms with E-state index in [1.807, 2.05) is 51.1 Å². The highest BCUT2D eigenvalue weighted by atomic mass is 35.5. The van der Waals surface area contributed by atoms with Crippen LogP contribution in [0.4, 0.5) is 11.5 Å². The Labute approximate surface area is 226 Å². The number of rotatable bonds is 7. The fraction of sp³-hybridized carbons (Fsp3) is 0.241. The minimum absolute atomic E-state index is 0.0395. The first kappa shape index (κ1) is 27.0. The van der Waals surface area contributed by atoms with Gasteiger partial charge in [-0.2, -0.15) is 0 Å². The summed E-state index contributed by atoms with van der Waals surface area (Å²) in [6.07, 6.45) is 0. The molecule has 0 aliphatic heterocycles. The van der Waals surface area contributed by atoms with Gasteiger partial charge in [0, 0.05) is 35.6 Å². The van der Waals surface area contributed by atoms with Gasteiger partial charge in [-0.25, -0.2) is 9.97 Å². The Morgan fingerprint density at radius 2 is 1.66 bits per heavy atom. The van der Waals surface area contributed by atoms with Crippen LogP contribution in [0, 0.1) is 5.41 Å². The van der Waals surface area contributed by atoms with Gasteiger partial charge in [-0.1, -0.05) is 62.7 Å². The van der Waals surface area contributed by atoms with Gasteiger partial charge in [0.2, 0.25) is 5.91 Å². The number of anilines is 2. The number of aliphatic hydroxyl groups excluding tert-OH is 1. The number of halogens is 1. The van der Waals surface area contributed by atoms with Crippen molar-refractivity contribution in [2.24, 2.45) is 5.41 Å². The van der Waals surface area contributed by atoms with E-state index in [1.54, 1.807) is 37.4 Å². The number of amides is 2. The van der Waals surface area contributed by atoms with Crippen LogP contribution in [0.1, 0.15) is 42.3 Å². The topological polar surface area (TPSA) is 116 Å². The molecule has 0 spiro atoms. The summed E-state index contributed by atoms with van der Waals surface area (Å²) in [4.78, 5) is 34.7. The predicted octanol–water partition coefficient (Wildman–Crippen LogP) is 5.40. The third-order valence-electron chi connectivity index (χ3n) is 6.00. The molecule has 0 bridgehead atoms. The number of nitrogens with zero attached hydrogens (tertiary/aromatic N) is 2. The highest BCUT2D eigenvalue weighted by Crippen LogP contribution is 2.28. The molecule has 0 fully saturated rings. The van der Waals surface area contributed by atoms with Crippen molar-refractivity contribution in [2.45, 2.75) is 33.9 Å². The highest BCUT2D eigenvalue weighted by molar-refractivity contribution is 6.34. The lowest BCUT2D eigenvalue weighted by atomic mass is 9.95. The Morgan fingerprint density at radius 3 is 2.32 bits per heavy atom. The number of carbonyl (C=O) groups is 2. The molecule has 196 valence electrons. The monoisotopic (exact) mass is 531 g/mol. The molecule has 0 aliphatic rings. The van der Waals surface area contributed by atoms with Gasteiger partial charge in [-0.15, -0.1) is 0 Å². The first-order chi connectivity index (χ1) is 18.1. The van der Waals surface area contributed by atoms with E-state index in [0.717, 1.165) is 22.1 Å². The maximum Gasteiger partial charge on any atom is 0.257 e. The number of hydrogen-bond acceptors (Lipinski definition) is 6. The van der Waals surface area contributed by atoms with E-state index in [9.17, 15) is 14.7 Å². The Kier molecular flexibility index (Phi) is 7.94. The summed E-state index contributed by atoms with van der Waals surface area (Å²) in [6, 6.07) is 17.9. The lowest BCUT2D eigenvalue weighted by Gasteiger charge is -2.18. The first-order valence-corrected chi connectivity index (χ1v) is 12.5. The van der Waals surface area contributed by atoms with Crippen LogP contribution in [0.25, 0.3) is 22.3 Å². The normalized spacial score (nSPS) is 11.3. The van der Waals surface area contributed by atoms with Crippen LogP contribution in [-0.4, -0.2) is 33.9 Å². The molecule has 0 aliphatic carbocycles. The zero-order valence-corrected chi connectivity index (χ0v) is 22.5. The Hall–Kier alpha value is -4.01. The van der Waals surface area contributed by atoms with E-state index in [-0.39, 0.29) is 25.0 Å². The van der Waals surface area contributed by atoms with Gasteiger partial charge in [0.1, 0.15) is 5.82 Å². The fourth-order valence-corrected chi connectivity index (χ4v) is 3.99. The number of aliphatic hydroxyl groups is 1. The third-order valence-corrected chi connectivity index (χ3v) is 6.33. The first-order valence-electron chi connectivity index (χ1n) is 12.2. The average molecular weight is 532 g/mol. The molecule has 3 aromatic carbocycles. The van der Waals surface area contributed by atoms with Gasteiger partial charge in [0.25, 0.3) is 5.91 Å². The molecular formula is C29H30ClN5O3. The molecule has 8 nitrogen and oxygen atoms in total. The van der Waals surface area contributed by atoms with Gasteiger partial charge >= 0.3 is 0 Å². The van der Waals surface area contributed by atoms with Gasteiger partial charge in [-0.05, 0) is 41.5 Å². The molecule has 38 heavy (non-hydrogen) atoms. The Balaban J connectivity index is 1.59. The molecule has 0 radical (unpaired) electrons. The standard InChI is InChI=1S/C29H30ClN5O3/c1-29(2,3)28(38)32-15-18-7-12-23(30)22(13-18)27(37)33-20-10-11-21-24(14-20)34-25(35-26(21)31-4)19-8-5-17(16-36)6-9-19/h5-14,36H,15-16H2,1-4H3,(H,32,38)(H,33,37)(H,31,34,35). The van der Waals surface area contributed by atoms with Gasteiger partial charge < -0.3 is 21.1 Å². The van der Waals surface area contributed by atoms with Gasteiger partial charge in [0.05, 0.1) is 22.7 Å². The quantitative estimate of drug-likeness (QED) is 0.254. The minimum Gasteiger partial charge on any atom is -0.392 e.